The van der Waals surface area contributed by atoms with Crippen molar-refractivity contribution in [2.75, 3.05) is 13.2 Å². The van der Waals surface area contributed by atoms with Crippen molar-refractivity contribution >= 4 is 11.0 Å². The maximum atomic E-state index is 11.7. The monoisotopic (exact) mass is 349 g/mol. The predicted molar refractivity (Wildman–Crippen MR) is 98.7 cm³/mol. The number of hydrogen-bond acceptors (Lipinski definition) is 5. The molecule has 0 aliphatic heterocycles. The van der Waals surface area contributed by atoms with E-state index in [9.17, 15) is 4.79 Å². The van der Waals surface area contributed by atoms with Crippen molar-refractivity contribution in [3.8, 4) is 17.6 Å². The van der Waals surface area contributed by atoms with E-state index in [2.05, 4.69) is 6.07 Å². The van der Waals surface area contributed by atoms with E-state index in [0.29, 0.717) is 35.9 Å². The molecule has 0 spiro atoms. The van der Waals surface area contributed by atoms with Gasteiger partial charge in [-0.1, -0.05) is 13.8 Å². The van der Waals surface area contributed by atoms with Gasteiger partial charge in [0.25, 0.3) is 0 Å². The Labute approximate surface area is 151 Å². The van der Waals surface area contributed by atoms with Crippen LogP contribution in [0.3, 0.4) is 0 Å². The maximum absolute atomic E-state index is 11.7. The number of nitrogens with zero attached hydrogens (tertiary/aromatic N) is 1. The highest BCUT2D eigenvalue weighted by Gasteiger charge is 2.10. The molecule has 5 heteroatoms. The van der Waals surface area contributed by atoms with Crippen LogP contribution in [-0.2, 0) is 0 Å². The van der Waals surface area contributed by atoms with E-state index in [-0.39, 0.29) is 11.5 Å². The van der Waals surface area contributed by atoms with Crippen molar-refractivity contribution < 1.29 is 13.9 Å². The lowest BCUT2D eigenvalue weighted by atomic mass is 10.00. The van der Waals surface area contributed by atoms with Gasteiger partial charge in [0.15, 0.2) is 0 Å². The first-order valence-electron chi connectivity index (χ1n) is 8.40. The van der Waals surface area contributed by atoms with E-state index >= 15 is 0 Å². The molecule has 0 N–H and O–H groups in total. The zero-order valence-electron chi connectivity index (χ0n) is 14.7. The van der Waals surface area contributed by atoms with Crippen LogP contribution in [0, 0.1) is 11.3 Å². The molecule has 2 aromatic carbocycles. The molecule has 0 saturated carbocycles. The average Bonchev–Trinajstić information content (AvgIpc) is 2.64. The zero-order chi connectivity index (χ0) is 18.5. The minimum absolute atomic E-state index is 0.231. The first-order chi connectivity index (χ1) is 12.6. The summed E-state index contributed by atoms with van der Waals surface area (Å²) >= 11 is 0. The number of hydrogen-bond donors (Lipinski definition) is 0. The highest BCUT2D eigenvalue weighted by Crippen LogP contribution is 2.27. The summed E-state index contributed by atoms with van der Waals surface area (Å²) in [5.74, 6) is 1.53. The minimum atomic E-state index is -0.359. The molecule has 0 atom stereocenters. The number of benzene rings is 2. The van der Waals surface area contributed by atoms with Gasteiger partial charge in [-0.25, -0.2) is 4.79 Å². The predicted octanol–water partition coefficient (Wildman–Crippen LogP) is 4.25. The highest BCUT2D eigenvalue weighted by atomic mass is 16.5. The Kier molecular flexibility index (Phi) is 5.23. The molecule has 3 rings (SSSR count). The molecular formula is C21H19NO4. The molecule has 132 valence electrons. The van der Waals surface area contributed by atoms with Crippen LogP contribution in [0.2, 0.25) is 0 Å². The second-order valence-corrected chi connectivity index (χ2v) is 6.17. The van der Waals surface area contributed by atoms with E-state index < -0.39 is 0 Å². The van der Waals surface area contributed by atoms with Gasteiger partial charge in [-0.15, -0.1) is 0 Å². The highest BCUT2D eigenvalue weighted by molar-refractivity contribution is 5.82. The molecule has 3 aromatic rings. The van der Waals surface area contributed by atoms with E-state index in [1.54, 1.807) is 36.4 Å². The third-order valence-electron chi connectivity index (χ3n) is 3.97. The normalized spacial score (nSPS) is 10.7. The van der Waals surface area contributed by atoms with Gasteiger partial charge in [0, 0.05) is 17.5 Å². The average molecular weight is 349 g/mol. The molecule has 1 aromatic heterocycles. The van der Waals surface area contributed by atoms with Gasteiger partial charge >= 0.3 is 5.63 Å². The molecule has 0 bridgehead atoms. The first kappa shape index (κ1) is 17.6. The molecule has 5 nitrogen and oxygen atoms in total. The molecule has 1 heterocycles. The van der Waals surface area contributed by atoms with Gasteiger partial charge in [-0.2, -0.15) is 5.26 Å². The largest absolute Gasteiger partial charge is 0.490 e. The number of nitriles is 1. The molecule has 0 radical (unpaired) electrons. The fourth-order valence-corrected chi connectivity index (χ4v) is 2.68. The summed E-state index contributed by atoms with van der Waals surface area (Å²) in [5.41, 5.74) is 1.72. The Bertz CT molecular complexity index is 997. The lowest BCUT2D eigenvalue weighted by molar-refractivity contribution is 0.217. The Morgan fingerprint density at radius 1 is 1.00 bits per heavy atom. The Morgan fingerprint density at radius 2 is 1.65 bits per heavy atom. The van der Waals surface area contributed by atoms with Crippen molar-refractivity contribution in [2.45, 2.75) is 19.8 Å². The lowest BCUT2D eigenvalue weighted by Crippen LogP contribution is -2.09. The topological polar surface area (TPSA) is 72.5 Å². The smallest absolute Gasteiger partial charge is 0.336 e. The molecule has 0 aliphatic rings. The third-order valence-corrected chi connectivity index (χ3v) is 3.97. The summed E-state index contributed by atoms with van der Waals surface area (Å²) in [6.45, 7) is 4.79. The molecular weight excluding hydrogens is 330 g/mol. The van der Waals surface area contributed by atoms with Crippen LogP contribution in [0.15, 0.2) is 57.7 Å². The van der Waals surface area contributed by atoms with Gasteiger partial charge < -0.3 is 13.9 Å². The summed E-state index contributed by atoms with van der Waals surface area (Å²) in [6, 6.07) is 16.0. The van der Waals surface area contributed by atoms with E-state index in [4.69, 9.17) is 19.2 Å². The van der Waals surface area contributed by atoms with Crippen LogP contribution in [0.4, 0.5) is 0 Å². The third kappa shape index (κ3) is 4.04. The second-order valence-electron chi connectivity index (χ2n) is 6.17. The van der Waals surface area contributed by atoms with Gasteiger partial charge in [-0.05, 0) is 47.9 Å². The standard InChI is InChI=1S/C21H19NO4/c1-14(2)19-12-21(23)26-20-11-17(7-8-18(19)20)25-10-9-24-16-5-3-15(13-22)4-6-16/h3-8,11-12,14H,9-10H2,1-2H3. The van der Waals surface area contributed by atoms with Crippen molar-refractivity contribution in [3.63, 3.8) is 0 Å². The van der Waals surface area contributed by atoms with Gasteiger partial charge in [0.1, 0.15) is 30.3 Å². The Morgan fingerprint density at radius 3 is 2.31 bits per heavy atom. The van der Waals surface area contributed by atoms with E-state index in [1.807, 2.05) is 26.0 Å². The summed E-state index contributed by atoms with van der Waals surface area (Å²) in [5, 5.41) is 9.69. The number of rotatable bonds is 6. The molecule has 0 unspecified atom stereocenters. The van der Waals surface area contributed by atoms with E-state index in [0.717, 1.165) is 10.9 Å². The van der Waals surface area contributed by atoms with Crippen LogP contribution in [0.1, 0.15) is 30.9 Å². The second kappa shape index (κ2) is 7.75. The van der Waals surface area contributed by atoms with E-state index in [1.165, 1.54) is 0 Å². The Balaban J connectivity index is 1.64. The molecule has 0 amide bonds. The van der Waals surface area contributed by atoms with Crippen molar-refractivity contribution in [2.24, 2.45) is 0 Å². The van der Waals surface area contributed by atoms with Gasteiger partial charge in [0.05, 0.1) is 11.6 Å². The van der Waals surface area contributed by atoms with Crippen LogP contribution in [0.5, 0.6) is 11.5 Å². The number of fused-ring (bicyclic) bond motifs is 1. The van der Waals surface area contributed by atoms with Crippen LogP contribution < -0.4 is 15.1 Å². The van der Waals surface area contributed by atoms with Gasteiger partial charge in [0.2, 0.25) is 0 Å². The Hall–Kier alpha value is -3.26. The molecule has 0 fully saturated rings. The van der Waals surface area contributed by atoms with Crippen LogP contribution in [0.25, 0.3) is 11.0 Å². The lowest BCUT2D eigenvalue weighted by Gasteiger charge is -2.11. The quantitative estimate of drug-likeness (QED) is 0.491. The van der Waals surface area contributed by atoms with Crippen molar-refractivity contribution in [1.29, 1.82) is 5.26 Å². The number of ether oxygens (including phenoxy) is 2. The first-order valence-corrected chi connectivity index (χ1v) is 8.40. The maximum Gasteiger partial charge on any atom is 0.336 e. The summed E-state index contributed by atoms with van der Waals surface area (Å²) < 4.78 is 16.6. The van der Waals surface area contributed by atoms with Crippen molar-refractivity contribution in [3.05, 3.63) is 70.1 Å². The van der Waals surface area contributed by atoms with Crippen LogP contribution >= 0.6 is 0 Å². The molecule has 26 heavy (non-hydrogen) atoms. The van der Waals surface area contributed by atoms with Gasteiger partial charge in [-0.3, -0.25) is 0 Å². The summed E-state index contributed by atoms with van der Waals surface area (Å²) in [6.07, 6.45) is 0. The SMILES string of the molecule is CC(C)c1cc(=O)oc2cc(OCCOc3ccc(C#N)cc3)ccc12. The van der Waals surface area contributed by atoms with Crippen molar-refractivity contribution in [1.82, 2.24) is 0 Å². The molecule has 0 aliphatic carbocycles. The zero-order valence-corrected chi connectivity index (χ0v) is 14.7. The van der Waals surface area contributed by atoms with Crippen LogP contribution in [-0.4, -0.2) is 13.2 Å². The minimum Gasteiger partial charge on any atom is -0.490 e. The summed E-state index contributed by atoms with van der Waals surface area (Å²) in [7, 11) is 0. The summed E-state index contributed by atoms with van der Waals surface area (Å²) in [4.78, 5) is 11.7. The fourth-order valence-electron chi connectivity index (χ4n) is 2.68. The fraction of sp³-hybridized carbons (Fsp3) is 0.238. The molecule has 0 saturated heterocycles.